The van der Waals surface area contributed by atoms with E-state index in [0.717, 1.165) is 30.1 Å². The highest BCUT2D eigenvalue weighted by Crippen LogP contribution is 2.30. The second-order valence-corrected chi connectivity index (χ2v) is 8.34. The molecule has 0 aliphatic carbocycles. The molecule has 28 heavy (non-hydrogen) atoms. The molecule has 2 heterocycles. The van der Waals surface area contributed by atoms with Gasteiger partial charge in [0.2, 0.25) is 5.88 Å². The van der Waals surface area contributed by atoms with Gasteiger partial charge in [0.15, 0.2) is 11.5 Å². The van der Waals surface area contributed by atoms with Crippen LogP contribution in [0, 0.1) is 0 Å². The molecule has 0 amide bonds. The first-order chi connectivity index (χ1) is 13.5. The Hall–Kier alpha value is -2.44. The molecule has 3 rings (SSSR count). The summed E-state index contributed by atoms with van der Waals surface area (Å²) in [4.78, 5) is 9.11. The third-order valence-electron chi connectivity index (χ3n) is 3.99. The van der Waals surface area contributed by atoms with Gasteiger partial charge in [0.1, 0.15) is 0 Å². The maximum absolute atomic E-state index is 5.86. The first kappa shape index (κ1) is 20.3. The van der Waals surface area contributed by atoms with Crippen molar-refractivity contribution in [2.75, 3.05) is 6.61 Å². The quantitative estimate of drug-likeness (QED) is 0.558. The fourth-order valence-corrected chi connectivity index (χ4v) is 3.47. The number of nitrogens with zero attached hydrogens (tertiary/aromatic N) is 2. The van der Waals surface area contributed by atoms with E-state index in [4.69, 9.17) is 14.5 Å². The fourth-order valence-electron chi connectivity index (χ4n) is 2.57. The maximum Gasteiger partial charge on any atom is 0.219 e. The van der Waals surface area contributed by atoms with Crippen LogP contribution in [-0.2, 0) is 18.5 Å². The summed E-state index contributed by atoms with van der Waals surface area (Å²) in [5.41, 5.74) is 2.27. The minimum Gasteiger partial charge on any atom is -0.490 e. The summed E-state index contributed by atoms with van der Waals surface area (Å²) < 4.78 is 11.4. The van der Waals surface area contributed by atoms with Crippen molar-refractivity contribution >= 4 is 11.3 Å². The van der Waals surface area contributed by atoms with Gasteiger partial charge in [-0.25, -0.2) is 9.97 Å². The van der Waals surface area contributed by atoms with Crippen molar-refractivity contribution in [1.82, 2.24) is 15.3 Å². The van der Waals surface area contributed by atoms with Crippen LogP contribution in [0.25, 0.3) is 0 Å². The van der Waals surface area contributed by atoms with Crippen molar-refractivity contribution in [3.63, 3.8) is 0 Å². The number of ether oxygens (including phenoxy) is 2. The normalized spacial score (nSPS) is 11.4. The molecule has 0 radical (unpaired) electrons. The average molecular weight is 398 g/mol. The van der Waals surface area contributed by atoms with Crippen LogP contribution >= 0.6 is 11.3 Å². The molecule has 0 unspecified atom stereocenters. The van der Waals surface area contributed by atoms with Crippen LogP contribution in [-0.4, -0.2) is 16.6 Å². The van der Waals surface area contributed by atoms with Crippen LogP contribution in [0.2, 0.25) is 0 Å². The molecule has 0 aliphatic rings. The first-order valence-electron chi connectivity index (χ1n) is 9.46. The van der Waals surface area contributed by atoms with E-state index < -0.39 is 0 Å². The molecule has 0 aliphatic heterocycles. The number of hydrogen-bond donors (Lipinski definition) is 1. The van der Waals surface area contributed by atoms with Gasteiger partial charge in [0.25, 0.3) is 0 Å². The topological polar surface area (TPSA) is 56.3 Å². The summed E-state index contributed by atoms with van der Waals surface area (Å²) in [7, 11) is 0. The lowest BCUT2D eigenvalue weighted by atomic mass is 9.98. The zero-order chi connectivity index (χ0) is 20.0. The van der Waals surface area contributed by atoms with Gasteiger partial charge in [-0.3, -0.25) is 0 Å². The number of hydrogen-bond acceptors (Lipinski definition) is 6. The molecule has 148 valence electrons. The average Bonchev–Trinajstić information content (AvgIpc) is 3.14. The summed E-state index contributed by atoms with van der Waals surface area (Å²) in [6.07, 6.45) is 1.83. The molecular weight excluding hydrogens is 370 g/mol. The Balaban J connectivity index is 1.53. The van der Waals surface area contributed by atoms with Crippen LogP contribution in [0.1, 0.15) is 44.0 Å². The molecule has 0 atom stereocenters. The van der Waals surface area contributed by atoms with Crippen LogP contribution in [0.3, 0.4) is 0 Å². The van der Waals surface area contributed by atoms with E-state index in [1.165, 1.54) is 5.01 Å². The lowest BCUT2D eigenvalue weighted by Gasteiger charge is -2.13. The van der Waals surface area contributed by atoms with E-state index in [-0.39, 0.29) is 5.41 Å². The second-order valence-electron chi connectivity index (χ2n) is 7.48. The van der Waals surface area contributed by atoms with Crippen molar-refractivity contribution < 1.29 is 9.47 Å². The molecule has 1 aromatic carbocycles. The van der Waals surface area contributed by atoms with Gasteiger partial charge in [-0.15, -0.1) is 11.3 Å². The van der Waals surface area contributed by atoms with E-state index in [0.29, 0.717) is 18.2 Å². The second kappa shape index (κ2) is 9.17. The van der Waals surface area contributed by atoms with Crippen LogP contribution < -0.4 is 14.8 Å². The van der Waals surface area contributed by atoms with Gasteiger partial charge in [-0.2, -0.15) is 0 Å². The van der Waals surface area contributed by atoms with Crippen molar-refractivity contribution in [3.05, 3.63) is 64.2 Å². The maximum atomic E-state index is 5.86. The van der Waals surface area contributed by atoms with Crippen molar-refractivity contribution in [1.29, 1.82) is 0 Å². The lowest BCUT2D eigenvalue weighted by molar-refractivity contribution is 0.319. The first-order valence-corrected chi connectivity index (χ1v) is 10.3. The molecule has 5 nitrogen and oxygen atoms in total. The summed E-state index contributed by atoms with van der Waals surface area (Å²) >= 11 is 1.72. The van der Waals surface area contributed by atoms with Crippen LogP contribution in [0.4, 0.5) is 0 Å². The molecular formula is C22H27N3O2S. The third-order valence-corrected chi connectivity index (χ3v) is 5.31. The molecule has 0 fully saturated rings. The summed E-state index contributed by atoms with van der Waals surface area (Å²) in [5.74, 6) is 1.93. The number of rotatable bonds is 8. The minimum atomic E-state index is 0.101. The number of thiazole rings is 1. The van der Waals surface area contributed by atoms with Gasteiger partial charge in [0.05, 0.1) is 17.3 Å². The number of pyridine rings is 1. The van der Waals surface area contributed by atoms with E-state index in [1.54, 1.807) is 11.3 Å². The number of aromatic nitrogens is 2. The van der Waals surface area contributed by atoms with Crippen LogP contribution in [0.15, 0.2) is 48.0 Å². The van der Waals surface area contributed by atoms with Gasteiger partial charge in [-0.1, -0.05) is 39.0 Å². The largest absolute Gasteiger partial charge is 0.490 e. The van der Waals surface area contributed by atoms with Crippen molar-refractivity contribution in [2.24, 2.45) is 0 Å². The number of para-hydroxylation sites is 2. The predicted molar refractivity (Wildman–Crippen MR) is 113 cm³/mol. The van der Waals surface area contributed by atoms with E-state index in [9.17, 15) is 0 Å². The zero-order valence-corrected chi connectivity index (χ0v) is 17.7. The Morgan fingerprint density at radius 2 is 1.82 bits per heavy atom. The summed E-state index contributed by atoms with van der Waals surface area (Å²) in [6, 6.07) is 11.5. The Morgan fingerprint density at radius 1 is 1.04 bits per heavy atom. The highest BCUT2D eigenvalue weighted by atomic mass is 32.1. The smallest absolute Gasteiger partial charge is 0.219 e. The Morgan fingerprint density at radius 3 is 2.46 bits per heavy atom. The molecule has 6 heteroatoms. The predicted octanol–water partition coefficient (Wildman–Crippen LogP) is 5.32. The summed E-state index contributed by atoms with van der Waals surface area (Å²) in [6.45, 7) is 10.6. The SMILES string of the molecule is CCOc1ccccc1Oc1ccc(CNCc2csc(C(C)(C)C)n2)cn1. The molecule has 0 spiro atoms. The Bertz CT molecular complexity index is 885. The number of benzene rings is 1. The zero-order valence-electron chi connectivity index (χ0n) is 16.9. The minimum absolute atomic E-state index is 0.101. The third kappa shape index (κ3) is 5.53. The standard InChI is InChI=1S/C22H27N3O2S/c1-5-26-18-8-6-7-9-19(18)27-20-11-10-16(13-24-20)12-23-14-17-15-28-21(25-17)22(2,3)4/h6-11,13,15,23H,5,12,14H2,1-4H3. The molecule has 0 saturated heterocycles. The van der Waals surface area contributed by atoms with Gasteiger partial charge in [-0.05, 0) is 24.6 Å². The van der Waals surface area contributed by atoms with Crippen LogP contribution in [0.5, 0.6) is 17.4 Å². The van der Waals surface area contributed by atoms with Crippen molar-refractivity contribution in [3.8, 4) is 17.4 Å². The lowest BCUT2D eigenvalue weighted by Crippen LogP contribution is -2.14. The number of nitrogens with one attached hydrogen (secondary N) is 1. The van der Waals surface area contributed by atoms with Gasteiger partial charge < -0.3 is 14.8 Å². The Labute approximate surface area is 170 Å². The van der Waals surface area contributed by atoms with Gasteiger partial charge >= 0.3 is 0 Å². The fraction of sp³-hybridized carbons (Fsp3) is 0.364. The molecule has 0 bridgehead atoms. The van der Waals surface area contributed by atoms with E-state index in [2.05, 4.69) is 36.5 Å². The monoisotopic (exact) mass is 397 g/mol. The Kier molecular flexibility index (Phi) is 6.65. The van der Waals surface area contributed by atoms with Gasteiger partial charge in [0, 0.05) is 36.1 Å². The highest BCUT2D eigenvalue weighted by Gasteiger charge is 2.17. The van der Waals surface area contributed by atoms with E-state index in [1.807, 2.05) is 49.5 Å². The molecule has 2 aromatic heterocycles. The molecule has 3 aromatic rings. The highest BCUT2D eigenvalue weighted by molar-refractivity contribution is 7.09. The summed E-state index contributed by atoms with van der Waals surface area (Å²) in [5, 5.41) is 6.71. The van der Waals surface area contributed by atoms with Crippen molar-refractivity contribution in [2.45, 2.75) is 46.2 Å². The molecule has 0 saturated carbocycles. The van der Waals surface area contributed by atoms with E-state index >= 15 is 0 Å². The molecule has 1 N–H and O–H groups in total.